The Morgan fingerprint density at radius 3 is 2.34 bits per heavy atom. The zero-order valence-corrected chi connectivity index (χ0v) is 19.4. The lowest BCUT2D eigenvalue weighted by molar-refractivity contribution is -0.139. The number of carboxylic acid groups (broad SMARTS) is 1. The van der Waals surface area contributed by atoms with Gasteiger partial charge >= 0.3 is 5.97 Å². The van der Waals surface area contributed by atoms with Gasteiger partial charge in [-0.15, -0.1) is 11.3 Å². The van der Waals surface area contributed by atoms with Gasteiger partial charge in [-0.2, -0.15) is 5.10 Å². The Kier molecular flexibility index (Phi) is 7.13. The number of carboxylic acids is 1. The quantitative estimate of drug-likeness (QED) is 0.579. The van der Waals surface area contributed by atoms with Gasteiger partial charge in [-0.25, -0.2) is 0 Å². The molecule has 2 saturated carbocycles. The molecule has 0 bridgehead atoms. The summed E-state index contributed by atoms with van der Waals surface area (Å²) < 4.78 is 2.16. The fraction of sp³-hybridized carbons (Fsp3) is 0.652. The molecule has 0 atom stereocenters. The Labute approximate surface area is 191 Å². The number of aromatic nitrogens is 2. The van der Waals surface area contributed by atoms with Gasteiger partial charge in [-0.1, -0.05) is 19.3 Å². The van der Waals surface area contributed by atoms with Gasteiger partial charge in [0, 0.05) is 23.9 Å². The van der Waals surface area contributed by atoms with Crippen molar-refractivity contribution in [3.05, 3.63) is 16.6 Å². The van der Waals surface area contributed by atoms with Crippen LogP contribution >= 0.6 is 11.3 Å². The summed E-state index contributed by atoms with van der Waals surface area (Å²) >= 11 is 1.54. The highest BCUT2D eigenvalue weighted by atomic mass is 32.1. The van der Waals surface area contributed by atoms with E-state index in [0.29, 0.717) is 6.04 Å². The van der Waals surface area contributed by atoms with E-state index in [1.165, 1.54) is 30.6 Å². The number of thiophene rings is 1. The molecule has 3 N–H and O–H groups in total. The van der Waals surface area contributed by atoms with Crippen LogP contribution in [-0.4, -0.2) is 44.8 Å². The molecule has 2 aromatic heterocycles. The van der Waals surface area contributed by atoms with Crippen LogP contribution in [0, 0.1) is 6.92 Å². The van der Waals surface area contributed by atoms with Crippen molar-refractivity contribution in [1.82, 2.24) is 20.4 Å². The van der Waals surface area contributed by atoms with E-state index in [1.807, 2.05) is 13.0 Å². The second-order valence-corrected chi connectivity index (χ2v) is 10.2. The Hall–Kier alpha value is -2.42. The third-order valence-electron chi connectivity index (χ3n) is 6.71. The molecule has 4 rings (SSSR count). The lowest BCUT2D eigenvalue weighted by Crippen LogP contribution is -2.43. The summed E-state index contributed by atoms with van der Waals surface area (Å²) in [4.78, 5) is 37.2. The van der Waals surface area contributed by atoms with E-state index < -0.39 is 5.97 Å². The first-order chi connectivity index (χ1) is 15.4. The van der Waals surface area contributed by atoms with E-state index >= 15 is 0 Å². The van der Waals surface area contributed by atoms with E-state index in [1.54, 1.807) is 0 Å². The smallest absolute Gasteiger partial charge is 0.303 e. The van der Waals surface area contributed by atoms with E-state index in [0.717, 1.165) is 59.3 Å². The Morgan fingerprint density at radius 2 is 1.69 bits per heavy atom. The molecule has 2 aromatic rings. The molecule has 0 aromatic carbocycles. The maximum absolute atomic E-state index is 12.9. The summed E-state index contributed by atoms with van der Waals surface area (Å²) in [7, 11) is 0. The molecule has 0 radical (unpaired) electrons. The molecule has 0 saturated heterocycles. The Morgan fingerprint density at radius 1 is 1.03 bits per heavy atom. The minimum absolute atomic E-state index is 0.00956. The van der Waals surface area contributed by atoms with E-state index in [4.69, 9.17) is 10.2 Å². The molecule has 2 amide bonds. The second-order valence-electron chi connectivity index (χ2n) is 9.13. The van der Waals surface area contributed by atoms with E-state index in [2.05, 4.69) is 15.3 Å². The van der Waals surface area contributed by atoms with Gasteiger partial charge in [-0.3, -0.25) is 19.1 Å². The highest BCUT2D eigenvalue weighted by Gasteiger charge is 2.26. The first kappa shape index (κ1) is 22.8. The van der Waals surface area contributed by atoms with Crippen molar-refractivity contribution in [2.45, 2.75) is 95.7 Å². The number of aliphatic carboxylic acids is 1. The molecule has 2 aliphatic rings. The van der Waals surface area contributed by atoms with Crippen molar-refractivity contribution < 1.29 is 19.5 Å². The molecule has 32 heavy (non-hydrogen) atoms. The average Bonchev–Trinajstić information content (AvgIpc) is 3.35. The average molecular weight is 461 g/mol. The molecular formula is C23H32N4O4S. The normalized spacial score (nSPS) is 22.0. The number of aryl methyl sites for hydroxylation is 1. The van der Waals surface area contributed by atoms with Crippen LogP contribution in [0.3, 0.4) is 0 Å². The Balaban J connectivity index is 1.32. The minimum Gasteiger partial charge on any atom is -0.481 e. The summed E-state index contributed by atoms with van der Waals surface area (Å²) in [6, 6.07) is 2.56. The molecular weight excluding hydrogens is 428 g/mol. The number of nitrogens with one attached hydrogen (secondary N) is 2. The number of amides is 2. The predicted molar refractivity (Wildman–Crippen MR) is 123 cm³/mol. The van der Waals surface area contributed by atoms with Crippen LogP contribution in [0.2, 0.25) is 0 Å². The lowest BCUT2D eigenvalue weighted by Gasteiger charge is -2.29. The van der Waals surface area contributed by atoms with Gasteiger partial charge in [0.1, 0.15) is 4.83 Å². The number of rotatable bonds is 7. The van der Waals surface area contributed by atoms with Crippen LogP contribution in [0.15, 0.2) is 6.07 Å². The molecule has 2 aliphatic carbocycles. The number of carbonyl (C=O) groups excluding carboxylic acids is 2. The second kappa shape index (κ2) is 10.0. The van der Waals surface area contributed by atoms with Gasteiger partial charge in [0.25, 0.3) is 5.91 Å². The fourth-order valence-corrected chi connectivity index (χ4v) is 6.05. The minimum atomic E-state index is -0.963. The van der Waals surface area contributed by atoms with Gasteiger partial charge in [0.2, 0.25) is 5.91 Å². The molecule has 0 spiro atoms. The SMILES string of the molecule is Cc1nn(C2CCCCC2)c2sc(C(=O)N[C@H]3CC[C@H](NC(=O)CCC(=O)O)CC3)cc12. The van der Waals surface area contributed by atoms with Crippen LogP contribution in [0.25, 0.3) is 10.2 Å². The Bertz CT molecular complexity index is 984. The monoisotopic (exact) mass is 460 g/mol. The summed E-state index contributed by atoms with van der Waals surface area (Å²) in [5.41, 5.74) is 0.986. The summed E-state index contributed by atoms with van der Waals surface area (Å²) in [6.45, 7) is 2.02. The van der Waals surface area contributed by atoms with Crippen molar-refractivity contribution in [3.63, 3.8) is 0 Å². The molecule has 2 fully saturated rings. The predicted octanol–water partition coefficient (Wildman–Crippen LogP) is 3.93. The van der Waals surface area contributed by atoms with E-state index in [-0.39, 0.29) is 36.7 Å². The van der Waals surface area contributed by atoms with Crippen molar-refractivity contribution >= 4 is 39.3 Å². The summed E-state index contributed by atoms with van der Waals surface area (Å²) in [5, 5.41) is 20.6. The van der Waals surface area contributed by atoms with Crippen LogP contribution in [0.5, 0.6) is 0 Å². The fourth-order valence-electron chi connectivity index (χ4n) is 4.92. The highest BCUT2D eigenvalue weighted by Crippen LogP contribution is 2.35. The molecule has 2 heterocycles. The van der Waals surface area contributed by atoms with Crippen molar-refractivity contribution in [2.75, 3.05) is 0 Å². The maximum atomic E-state index is 12.9. The van der Waals surface area contributed by atoms with E-state index in [9.17, 15) is 14.4 Å². The topological polar surface area (TPSA) is 113 Å². The van der Waals surface area contributed by atoms with Crippen LogP contribution in [0.4, 0.5) is 0 Å². The molecule has 9 heteroatoms. The number of hydrogen-bond donors (Lipinski definition) is 3. The zero-order chi connectivity index (χ0) is 22.7. The third kappa shape index (κ3) is 5.31. The van der Waals surface area contributed by atoms with Crippen molar-refractivity contribution in [3.8, 4) is 0 Å². The van der Waals surface area contributed by atoms with Crippen molar-refractivity contribution in [2.24, 2.45) is 0 Å². The molecule has 0 unspecified atom stereocenters. The molecule has 8 nitrogen and oxygen atoms in total. The first-order valence-corrected chi connectivity index (χ1v) is 12.5. The van der Waals surface area contributed by atoms with Crippen molar-refractivity contribution in [1.29, 1.82) is 0 Å². The third-order valence-corrected chi connectivity index (χ3v) is 7.83. The van der Waals surface area contributed by atoms with Crippen LogP contribution < -0.4 is 10.6 Å². The van der Waals surface area contributed by atoms with Gasteiger partial charge in [0.15, 0.2) is 0 Å². The largest absolute Gasteiger partial charge is 0.481 e. The number of hydrogen-bond acceptors (Lipinski definition) is 5. The maximum Gasteiger partial charge on any atom is 0.303 e. The summed E-state index contributed by atoms with van der Waals surface area (Å²) in [6.07, 6.45) is 9.13. The van der Waals surface area contributed by atoms with Crippen LogP contribution in [0.1, 0.15) is 92.0 Å². The molecule has 0 aliphatic heterocycles. The van der Waals surface area contributed by atoms with Crippen LogP contribution in [-0.2, 0) is 9.59 Å². The lowest BCUT2D eigenvalue weighted by atomic mass is 9.91. The standard InChI is InChI=1S/C23H32N4O4S/c1-14-18-13-19(32-23(18)27(26-14)17-5-3-2-4-6-17)22(31)25-16-9-7-15(8-10-16)24-20(28)11-12-21(29)30/h13,15-17H,2-12H2,1H3,(H,24,28)(H,25,31)(H,29,30)/t15-,16-. The molecule has 174 valence electrons. The summed E-state index contributed by atoms with van der Waals surface area (Å²) in [5.74, 6) is -1.21. The highest BCUT2D eigenvalue weighted by molar-refractivity contribution is 7.20. The number of nitrogens with zero attached hydrogens (tertiary/aromatic N) is 2. The van der Waals surface area contributed by atoms with Gasteiger partial charge in [0.05, 0.1) is 23.0 Å². The van der Waals surface area contributed by atoms with Gasteiger partial charge < -0.3 is 15.7 Å². The first-order valence-electron chi connectivity index (χ1n) is 11.7. The van der Waals surface area contributed by atoms with Gasteiger partial charge in [-0.05, 0) is 51.5 Å². The zero-order valence-electron chi connectivity index (χ0n) is 18.6. The number of carbonyl (C=O) groups is 3. The number of fused-ring (bicyclic) bond motifs is 1.